The smallest absolute Gasteiger partial charge is 0.0426 e. The predicted molar refractivity (Wildman–Crippen MR) is 79.9 cm³/mol. The standard InChI is InChI=1S/C16H21NS/c1-2-12-5-4-9-16(17,11-12)14-7-3-6-13-8-10-18-15(13)14/h3,6-8,10,12H,2,4-5,9,11,17H2,1H3. The van der Waals surface area contributed by atoms with E-state index in [0.29, 0.717) is 0 Å². The Morgan fingerprint density at radius 3 is 3.11 bits per heavy atom. The molecule has 1 nitrogen and oxygen atoms in total. The van der Waals surface area contributed by atoms with Gasteiger partial charge in [0, 0.05) is 10.2 Å². The summed E-state index contributed by atoms with van der Waals surface area (Å²) in [5, 5.41) is 3.53. The van der Waals surface area contributed by atoms with Gasteiger partial charge in [0.05, 0.1) is 0 Å². The summed E-state index contributed by atoms with van der Waals surface area (Å²) in [6.45, 7) is 2.29. The molecule has 2 atom stereocenters. The van der Waals surface area contributed by atoms with Gasteiger partial charge in [-0.05, 0) is 41.2 Å². The molecular weight excluding hydrogens is 238 g/mol. The highest BCUT2D eigenvalue weighted by atomic mass is 32.1. The zero-order chi connectivity index (χ0) is 12.6. The quantitative estimate of drug-likeness (QED) is 0.834. The minimum atomic E-state index is -0.0940. The Hall–Kier alpha value is -0.860. The molecule has 0 radical (unpaired) electrons. The molecule has 0 saturated heterocycles. The SMILES string of the molecule is CCC1CCCC(N)(c2cccc3ccsc23)C1. The number of rotatable bonds is 2. The van der Waals surface area contributed by atoms with Crippen molar-refractivity contribution in [3.05, 3.63) is 35.2 Å². The second kappa shape index (κ2) is 4.67. The molecule has 0 amide bonds. The van der Waals surface area contributed by atoms with Crippen LogP contribution in [0.1, 0.15) is 44.6 Å². The van der Waals surface area contributed by atoms with Crippen LogP contribution in [0.2, 0.25) is 0 Å². The van der Waals surface area contributed by atoms with Crippen LogP contribution in [-0.4, -0.2) is 0 Å². The third-order valence-corrected chi connectivity index (χ3v) is 5.44. The molecule has 2 N–H and O–H groups in total. The highest BCUT2D eigenvalue weighted by Crippen LogP contribution is 2.42. The Morgan fingerprint density at radius 1 is 1.39 bits per heavy atom. The largest absolute Gasteiger partial charge is 0.321 e. The van der Waals surface area contributed by atoms with Crippen molar-refractivity contribution in [2.24, 2.45) is 11.7 Å². The van der Waals surface area contributed by atoms with E-state index in [1.807, 2.05) is 11.3 Å². The first-order valence-corrected chi connectivity index (χ1v) is 7.86. The van der Waals surface area contributed by atoms with E-state index in [0.717, 1.165) is 18.8 Å². The third kappa shape index (κ3) is 1.98. The summed E-state index contributed by atoms with van der Waals surface area (Å²) in [5.41, 5.74) is 8.07. The number of hydrogen-bond donors (Lipinski definition) is 1. The summed E-state index contributed by atoms with van der Waals surface area (Å²) in [7, 11) is 0. The molecule has 0 bridgehead atoms. The maximum Gasteiger partial charge on any atom is 0.0426 e. The van der Waals surface area contributed by atoms with E-state index in [1.54, 1.807) is 0 Å². The van der Waals surface area contributed by atoms with E-state index in [9.17, 15) is 0 Å². The molecule has 1 aromatic heterocycles. The topological polar surface area (TPSA) is 26.0 Å². The Bertz CT molecular complexity index is 545. The molecule has 1 heterocycles. The van der Waals surface area contributed by atoms with E-state index in [4.69, 9.17) is 5.73 Å². The van der Waals surface area contributed by atoms with Crippen molar-refractivity contribution in [2.75, 3.05) is 0 Å². The Balaban J connectivity index is 2.04. The van der Waals surface area contributed by atoms with Gasteiger partial charge >= 0.3 is 0 Å². The van der Waals surface area contributed by atoms with Crippen molar-refractivity contribution in [3.63, 3.8) is 0 Å². The van der Waals surface area contributed by atoms with Crippen molar-refractivity contribution in [1.29, 1.82) is 0 Å². The predicted octanol–water partition coefficient (Wildman–Crippen LogP) is 4.66. The molecule has 3 rings (SSSR count). The molecule has 0 aliphatic heterocycles. The maximum absolute atomic E-state index is 6.78. The van der Waals surface area contributed by atoms with Crippen LogP contribution in [0.25, 0.3) is 10.1 Å². The van der Waals surface area contributed by atoms with Gasteiger partial charge in [0.2, 0.25) is 0 Å². The first-order valence-electron chi connectivity index (χ1n) is 6.98. The van der Waals surface area contributed by atoms with Gasteiger partial charge in [0.1, 0.15) is 0 Å². The van der Waals surface area contributed by atoms with Crippen LogP contribution in [-0.2, 0) is 5.54 Å². The zero-order valence-corrected chi connectivity index (χ0v) is 11.8. The van der Waals surface area contributed by atoms with Crippen molar-refractivity contribution >= 4 is 21.4 Å². The van der Waals surface area contributed by atoms with Crippen molar-refractivity contribution < 1.29 is 0 Å². The lowest BCUT2D eigenvalue weighted by molar-refractivity contribution is 0.223. The fourth-order valence-corrected chi connectivity index (χ4v) is 4.42. The van der Waals surface area contributed by atoms with Crippen LogP contribution >= 0.6 is 11.3 Å². The first kappa shape index (κ1) is 12.2. The lowest BCUT2D eigenvalue weighted by Gasteiger charge is -2.38. The van der Waals surface area contributed by atoms with E-state index < -0.39 is 0 Å². The summed E-state index contributed by atoms with van der Waals surface area (Å²) >= 11 is 1.83. The van der Waals surface area contributed by atoms with Gasteiger partial charge in [-0.2, -0.15) is 0 Å². The van der Waals surface area contributed by atoms with Gasteiger partial charge in [-0.1, -0.05) is 44.4 Å². The summed E-state index contributed by atoms with van der Waals surface area (Å²) in [6, 6.07) is 8.80. The Labute approximate surface area is 113 Å². The number of nitrogens with two attached hydrogens (primary N) is 1. The average molecular weight is 259 g/mol. The summed E-state index contributed by atoms with van der Waals surface area (Å²) < 4.78 is 1.40. The molecule has 1 aliphatic rings. The van der Waals surface area contributed by atoms with Gasteiger partial charge in [-0.15, -0.1) is 11.3 Å². The fourth-order valence-electron chi connectivity index (χ4n) is 3.40. The molecule has 1 fully saturated rings. The molecule has 1 aliphatic carbocycles. The number of thiophene rings is 1. The normalized spacial score (nSPS) is 28.7. The van der Waals surface area contributed by atoms with Crippen molar-refractivity contribution in [3.8, 4) is 0 Å². The molecule has 1 aromatic carbocycles. The number of hydrogen-bond acceptors (Lipinski definition) is 2. The van der Waals surface area contributed by atoms with E-state index in [-0.39, 0.29) is 5.54 Å². The molecule has 18 heavy (non-hydrogen) atoms. The minimum absolute atomic E-state index is 0.0940. The fraction of sp³-hybridized carbons (Fsp3) is 0.500. The highest BCUT2D eigenvalue weighted by Gasteiger charge is 2.34. The van der Waals surface area contributed by atoms with Crippen molar-refractivity contribution in [1.82, 2.24) is 0 Å². The van der Waals surface area contributed by atoms with E-state index in [2.05, 4.69) is 36.6 Å². The monoisotopic (exact) mass is 259 g/mol. The van der Waals surface area contributed by atoms with Gasteiger partial charge in [0.25, 0.3) is 0 Å². The number of benzene rings is 1. The molecule has 2 unspecified atom stereocenters. The molecular formula is C16H21NS. The van der Waals surface area contributed by atoms with Gasteiger partial charge in [0.15, 0.2) is 0 Å². The lowest BCUT2D eigenvalue weighted by Crippen LogP contribution is -2.41. The molecule has 96 valence electrons. The van der Waals surface area contributed by atoms with Crippen LogP contribution in [0.4, 0.5) is 0 Å². The summed E-state index contributed by atoms with van der Waals surface area (Å²) in [5.74, 6) is 0.805. The molecule has 2 heteroatoms. The van der Waals surface area contributed by atoms with Crippen LogP contribution in [0.15, 0.2) is 29.6 Å². The third-order valence-electron chi connectivity index (χ3n) is 4.48. The van der Waals surface area contributed by atoms with Crippen LogP contribution in [0, 0.1) is 5.92 Å². The van der Waals surface area contributed by atoms with Gasteiger partial charge in [-0.3, -0.25) is 0 Å². The molecule has 2 aromatic rings. The second-order valence-electron chi connectivity index (χ2n) is 5.67. The van der Waals surface area contributed by atoms with Crippen LogP contribution in [0.5, 0.6) is 0 Å². The summed E-state index contributed by atoms with van der Waals surface area (Å²) in [6.07, 6.45) is 6.19. The Morgan fingerprint density at radius 2 is 2.28 bits per heavy atom. The van der Waals surface area contributed by atoms with Crippen molar-refractivity contribution in [2.45, 2.75) is 44.6 Å². The van der Waals surface area contributed by atoms with E-state index >= 15 is 0 Å². The lowest BCUT2D eigenvalue weighted by atomic mass is 9.72. The highest BCUT2D eigenvalue weighted by molar-refractivity contribution is 7.17. The second-order valence-corrected chi connectivity index (χ2v) is 6.59. The average Bonchev–Trinajstić information content (AvgIpc) is 2.86. The summed E-state index contributed by atoms with van der Waals surface area (Å²) in [4.78, 5) is 0. The molecule has 1 saturated carbocycles. The van der Waals surface area contributed by atoms with Crippen LogP contribution in [0.3, 0.4) is 0 Å². The number of fused-ring (bicyclic) bond motifs is 1. The first-order chi connectivity index (χ1) is 8.73. The zero-order valence-electron chi connectivity index (χ0n) is 11.0. The Kier molecular flexibility index (Phi) is 3.16. The van der Waals surface area contributed by atoms with Gasteiger partial charge < -0.3 is 5.73 Å². The maximum atomic E-state index is 6.78. The van der Waals surface area contributed by atoms with E-state index in [1.165, 1.54) is 34.9 Å². The van der Waals surface area contributed by atoms with Gasteiger partial charge in [-0.25, -0.2) is 0 Å². The van der Waals surface area contributed by atoms with Crippen LogP contribution < -0.4 is 5.73 Å². The molecule has 0 spiro atoms. The minimum Gasteiger partial charge on any atom is -0.321 e.